The van der Waals surface area contributed by atoms with E-state index < -0.39 is 0 Å². The lowest BCUT2D eigenvalue weighted by Gasteiger charge is -2.12. The van der Waals surface area contributed by atoms with Crippen molar-refractivity contribution in [2.75, 3.05) is 0 Å². The van der Waals surface area contributed by atoms with Crippen molar-refractivity contribution in [3.8, 4) is 0 Å². The summed E-state index contributed by atoms with van der Waals surface area (Å²) in [6, 6.07) is 18.8. The van der Waals surface area contributed by atoms with Crippen LogP contribution in [-0.2, 0) is 6.42 Å². The number of nitrogens with zero attached hydrogens (tertiary/aromatic N) is 4. The number of aryl methyl sites for hydroxylation is 2. The first-order valence-electron chi connectivity index (χ1n) is 8.53. The Morgan fingerprint density at radius 1 is 1.00 bits per heavy atom. The average molecular weight is 348 g/mol. The second-order valence-corrected chi connectivity index (χ2v) is 7.66. The maximum absolute atomic E-state index is 4.84. The lowest BCUT2D eigenvalue weighted by Crippen LogP contribution is -2.04. The van der Waals surface area contributed by atoms with E-state index in [1.807, 2.05) is 29.6 Å². The first-order chi connectivity index (χ1) is 12.2. The Bertz CT molecular complexity index is 1010. The topological polar surface area (TPSA) is 43.1 Å². The molecule has 4 aromatic rings. The summed E-state index contributed by atoms with van der Waals surface area (Å²) in [4.78, 5) is 9.44. The summed E-state index contributed by atoms with van der Waals surface area (Å²) in [6.45, 7) is 4.18. The van der Waals surface area contributed by atoms with E-state index in [1.165, 1.54) is 5.56 Å². The van der Waals surface area contributed by atoms with Crippen LogP contribution in [0.2, 0.25) is 0 Å². The number of hydrogen-bond acceptors (Lipinski definition) is 4. The molecule has 0 aliphatic rings. The summed E-state index contributed by atoms with van der Waals surface area (Å²) in [5, 5.41) is 6.96. The molecule has 0 bridgehead atoms. The summed E-state index contributed by atoms with van der Waals surface area (Å²) >= 11 is 1.77. The molecule has 2 aromatic heterocycles. The smallest absolute Gasteiger partial charge is 0.191 e. The predicted octanol–water partition coefficient (Wildman–Crippen LogP) is 4.70. The Balaban J connectivity index is 1.61. The van der Waals surface area contributed by atoms with Crippen LogP contribution in [0.1, 0.15) is 24.7 Å². The van der Waals surface area contributed by atoms with Crippen molar-refractivity contribution in [2.45, 2.75) is 37.1 Å². The van der Waals surface area contributed by atoms with Gasteiger partial charge in [-0.2, -0.15) is 4.52 Å². The van der Waals surface area contributed by atoms with Crippen molar-refractivity contribution >= 4 is 28.3 Å². The highest BCUT2D eigenvalue weighted by atomic mass is 32.2. The third-order valence-corrected chi connectivity index (χ3v) is 5.36. The standard InChI is InChI=1S/C20H20N4S/c1-14(12-13-16-8-4-3-5-9-16)25-20-22-18-11-7-6-10-17(18)19-21-15(2)23-24(19)20/h3-11,14H,12-13H2,1-2H3. The minimum Gasteiger partial charge on any atom is -0.222 e. The summed E-state index contributed by atoms with van der Waals surface area (Å²) < 4.78 is 1.89. The van der Waals surface area contributed by atoms with E-state index in [0.29, 0.717) is 5.25 Å². The number of para-hydroxylation sites is 1. The second kappa shape index (κ2) is 6.84. The molecule has 0 amide bonds. The van der Waals surface area contributed by atoms with E-state index in [1.54, 1.807) is 11.8 Å². The van der Waals surface area contributed by atoms with Crippen molar-refractivity contribution in [2.24, 2.45) is 0 Å². The number of rotatable bonds is 5. The SMILES string of the molecule is Cc1nc2c3ccccc3nc(SC(C)CCc3ccccc3)n2n1. The van der Waals surface area contributed by atoms with Crippen molar-refractivity contribution in [3.63, 3.8) is 0 Å². The molecule has 126 valence electrons. The number of fused-ring (bicyclic) bond motifs is 3. The van der Waals surface area contributed by atoms with Crippen LogP contribution in [-0.4, -0.2) is 24.8 Å². The first-order valence-corrected chi connectivity index (χ1v) is 9.41. The zero-order chi connectivity index (χ0) is 17.2. The van der Waals surface area contributed by atoms with Crippen molar-refractivity contribution in [1.29, 1.82) is 0 Å². The van der Waals surface area contributed by atoms with Crippen LogP contribution in [0.3, 0.4) is 0 Å². The zero-order valence-corrected chi connectivity index (χ0v) is 15.2. The van der Waals surface area contributed by atoms with Crippen LogP contribution in [0.5, 0.6) is 0 Å². The van der Waals surface area contributed by atoms with Crippen LogP contribution >= 0.6 is 11.8 Å². The largest absolute Gasteiger partial charge is 0.222 e. The molecular weight excluding hydrogens is 328 g/mol. The number of thioether (sulfide) groups is 1. The lowest BCUT2D eigenvalue weighted by molar-refractivity contribution is 0.773. The Morgan fingerprint density at radius 3 is 2.60 bits per heavy atom. The van der Waals surface area contributed by atoms with Gasteiger partial charge in [0.05, 0.1) is 5.52 Å². The van der Waals surface area contributed by atoms with Gasteiger partial charge in [-0.3, -0.25) is 0 Å². The Labute approximate surface area is 151 Å². The molecule has 4 nitrogen and oxygen atoms in total. The third kappa shape index (κ3) is 3.37. The molecular formula is C20H20N4S. The Kier molecular flexibility index (Phi) is 4.40. The fourth-order valence-corrected chi connectivity index (χ4v) is 3.94. The molecule has 2 heterocycles. The van der Waals surface area contributed by atoms with Crippen LogP contribution in [0.25, 0.3) is 16.6 Å². The molecule has 0 fully saturated rings. The lowest BCUT2D eigenvalue weighted by atomic mass is 10.1. The maximum Gasteiger partial charge on any atom is 0.191 e. The van der Waals surface area contributed by atoms with E-state index in [0.717, 1.165) is 40.4 Å². The molecule has 0 spiro atoms. The monoisotopic (exact) mass is 348 g/mol. The number of benzene rings is 2. The van der Waals surface area contributed by atoms with Gasteiger partial charge in [0.15, 0.2) is 10.8 Å². The van der Waals surface area contributed by atoms with Crippen LogP contribution in [0.4, 0.5) is 0 Å². The highest BCUT2D eigenvalue weighted by molar-refractivity contribution is 7.99. The zero-order valence-electron chi connectivity index (χ0n) is 14.4. The Hall–Kier alpha value is -2.40. The summed E-state index contributed by atoms with van der Waals surface area (Å²) in [5.74, 6) is 0.775. The van der Waals surface area contributed by atoms with Crippen molar-refractivity contribution in [1.82, 2.24) is 19.6 Å². The normalized spacial score (nSPS) is 12.7. The molecule has 1 unspecified atom stereocenters. The van der Waals surface area contributed by atoms with E-state index in [9.17, 15) is 0 Å². The van der Waals surface area contributed by atoms with Gasteiger partial charge in [-0.05, 0) is 37.5 Å². The average Bonchev–Trinajstić information content (AvgIpc) is 3.03. The van der Waals surface area contributed by atoms with Crippen LogP contribution in [0.15, 0.2) is 59.8 Å². The molecule has 0 aliphatic heterocycles. The third-order valence-electron chi connectivity index (χ3n) is 4.24. The van der Waals surface area contributed by atoms with Crippen LogP contribution in [0, 0.1) is 6.92 Å². The van der Waals surface area contributed by atoms with Gasteiger partial charge in [0, 0.05) is 10.6 Å². The second-order valence-electron chi connectivity index (χ2n) is 6.26. The van der Waals surface area contributed by atoms with E-state index in [-0.39, 0.29) is 0 Å². The van der Waals surface area contributed by atoms with Gasteiger partial charge in [0.25, 0.3) is 0 Å². The van der Waals surface area contributed by atoms with E-state index >= 15 is 0 Å². The quantitative estimate of drug-likeness (QED) is 0.387. The van der Waals surface area contributed by atoms with E-state index in [2.05, 4.69) is 53.4 Å². The summed E-state index contributed by atoms with van der Waals surface area (Å²) in [7, 11) is 0. The molecule has 0 radical (unpaired) electrons. The molecule has 0 saturated heterocycles. The molecule has 0 aliphatic carbocycles. The summed E-state index contributed by atoms with van der Waals surface area (Å²) in [5.41, 5.74) is 3.24. The number of hydrogen-bond donors (Lipinski definition) is 0. The minimum absolute atomic E-state index is 0.446. The fourth-order valence-electron chi connectivity index (χ4n) is 2.96. The summed E-state index contributed by atoms with van der Waals surface area (Å²) in [6.07, 6.45) is 2.17. The van der Waals surface area contributed by atoms with Gasteiger partial charge in [-0.1, -0.05) is 61.2 Å². The minimum atomic E-state index is 0.446. The fraction of sp³-hybridized carbons (Fsp3) is 0.250. The van der Waals surface area contributed by atoms with E-state index in [4.69, 9.17) is 4.98 Å². The van der Waals surface area contributed by atoms with Crippen LogP contribution < -0.4 is 0 Å². The van der Waals surface area contributed by atoms with Crippen molar-refractivity contribution in [3.05, 3.63) is 66.0 Å². The molecule has 4 rings (SSSR count). The molecule has 5 heteroatoms. The van der Waals surface area contributed by atoms with Gasteiger partial charge in [0.2, 0.25) is 0 Å². The van der Waals surface area contributed by atoms with Gasteiger partial charge < -0.3 is 0 Å². The molecule has 1 atom stereocenters. The van der Waals surface area contributed by atoms with Gasteiger partial charge in [-0.15, -0.1) is 5.10 Å². The van der Waals surface area contributed by atoms with Crippen molar-refractivity contribution < 1.29 is 0 Å². The van der Waals surface area contributed by atoms with Gasteiger partial charge >= 0.3 is 0 Å². The first kappa shape index (κ1) is 16.1. The molecule has 25 heavy (non-hydrogen) atoms. The molecule has 0 N–H and O–H groups in total. The molecule has 0 saturated carbocycles. The highest BCUT2D eigenvalue weighted by Crippen LogP contribution is 2.28. The Morgan fingerprint density at radius 2 is 1.76 bits per heavy atom. The predicted molar refractivity (Wildman–Crippen MR) is 103 cm³/mol. The maximum atomic E-state index is 4.84. The molecule has 2 aromatic carbocycles. The van der Waals surface area contributed by atoms with Gasteiger partial charge in [0.1, 0.15) is 5.82 Å². The number of aromatic nitrogens is 4. The highest BCUT2D eigenvalue weighted by Gasteiger charge is 2.15. The van der Waals surface area contributed by atoms with Gasteiger partial charge in [-0.25, -0.2) is 9.97 Å².